The van der Waals surface area contributed by atoms with Crippen LogP contribution in [0.1, 0.15) is 20.3 Å². The Morgan fingerprint density at radius 2 is 0.781 bits per heavy atom. The molecule has 0 radical (unpaired) electrons. The molecule has 194 valence electrons. The Balaban J connectivity index is 3.07. The molecule has 0 aliphatic heterocycles. The van der Waals surface area contributed by atoms with Crippen molar-refractivity contribution in [2.24, 2.45) is 5.92 Å². The number of hydrogen-bond donors (Lipinski definition) is 2. The van der Waals surface area contributed by atoms with E-state index in [2.05, 4.69) is 6.92 Å². The SMILES string of the molecule is CCC(C)C(O)COCCOCCOCCOCCOCCOCCOCCOCCO. The van der Waals surface area contributed by atoms with Gasteiger partial charge in [0, 0.05) is 0 Å². The Morgan fingerprint density at radius 1 is 0.500 bits per heavy atom. The molecule has 0 aromatic heterocycles. The van der Waals surface area contributed by atoms with Crippen molar-refractivity contribution in [1.82, 2.24) is 0 Å². The molecule has 2 N–H and O–H groups in total. The molecule has 0 aromatic carbocycles. The monoisotopic (exact) mass is 470 g/mol. The van der Waals surface area contributed by atoms with Crippen LogP contribution in [0.5, 0.6) is 0 Å². The summed E-state index contributed by atoms with van der Waals surface area (Å²) in [7, 11) is 0. The predicted octanol–water partition coefficient (Wildman–Crippen LogP) is 0.519. The fourth-order valence-electron chi connectivity index (χ4n) is 2.24. The number of hydrogen-bond acceptors (Lipinski definition) is 10. The van der Waals surface area contributed by atoms with Crippen LogP contribution in [0.2, 0.25) is 0 Å². The van der Waals surface area contributed by atoms with Gasteiger partial charge in [0.1, 0.15) is 0 Å². The van der Waals surface area contributed by atoms with E-state index in [4.69, 9.17) is 43.0 Å². The third-order valence-electron chi connectivity index (χ3n) is 4.43. The zero-order chi connectivity index (χ0) is 23.5. The minimum absolute atomic E-state index is 0.0286. The number of aliphatic hydroxyl groups is 2. The van der Waals surface area contributed by atoms with E-state index >= 15 is 0 Å². The van der Waals surface area contributed by atoms with Crippen molar-refractivity contribution in [2.45, 2.75) is 26.4 Å². The van der Waals surface area contributed by atoms with E-state index < -0.39 is 6.10 Å². The first-order chi connectivity index (χ1) is 15.7. The van der Waals surface area contributed by atoms with Crippen molar-refractivity contribution < 1.29 is 48.1 Å². The summed E-state index contributed by atoms with van der Waals surface area (Å²) >= 11 is 0. The van der Waals surface area contributed by atoms with Gasteiger partial charge in [0.25, 0.3) is 0 Å². The van der Waals surface area contributed by atoms with Gasteiger partial charge < -0.3 is 48.1 Å². The molecule has 0 saturated carbocycles. The van der Waals surface area contributed by atoms with E-state index in [1.165, 1.54) is 0 Å². The van der Waals surface area contributed by atoms with E-state index in [0.717, 1.165) is 6.42 Å². The highest BCUT2D eigenvalue weighted by Gasteiger charge is 2.11. The van der Waals surface area contributed by atoms with Gasteiger partial charge >= 0.3 is 0 Å². The second-order valence-electron chi connectivity index (χ2n) is 7.04. The molecule has 2 unspecified atom stereocenters. The Bertz CT molecular complexity index is 349. The maximum Gasteiger partial charge on any atom is 0.0799 e. The quantitative estimate of drug-likeness (QED) is 0.165. The van der Waals surface area contributed by atoms with Gasteiger partial charge in [-0.3, -0.25) is 0 Å². The largest absolute Gasteiger partial charge is 0.394 e. The lowest BCUT2D eigenvalue weighted by Gasteiger charge is -2.16. The van der Waals surface area contributed by atoms with Gasteiger partial charge in [-0.2, -0.15) is 0 Å². The average molecular weight is 471 g/mol. The van der Waals surface area contributed by atoms with Gasteiger partial charge in [0.15, 0.2) is 0 Å². The standard InChI is InChI=1S/C22H46O10/c1-3-21(2)22(24)20-32-19-18-31-17-16-30-15-14-29-13-12-28-11-10-27-9-8-26-7-6-25-5-4-23/h21-24H,3-20H2,1-2H3. The molecule has 0 amide bonds. The molecule has 2 atom stereocenters. The molecule has 0 aliphatic carbocycles. The molecular weight excluding hydrogens is 424 g/mol. The van der Waals surface area contributed by atoms with Crippen LogP contribution in [-0.2, 0) is 37.9 Å². The van der Waals surface area contributed by atoms with Crippen LogP contribution in [0.25, 0.3) is 0 Å². The molecule has 0 spiro atoms. The summed E-state index contributed by atoms with van der Waals surface area (Å²) < 4.78 is 42.8. The van der Waals surface area contributed by atoms with Crippen molar-refractivity contribution in [3.8, 4) is 0 Å². The molecule has 0 fully saturated rings. The smallest absolute Gasteiger partial charge is 0.0799 e. The van der Waals surface area contributed by atoms with Gasteiger partial charge in [0.05, 0.1) is 118 Å². The van der Waals surface area contributed by atoms with Gasteiger partial charge in [0.2, 0.25) is 0 Å². The maximum absolute atomic E-state index is 9.77. The predicted molar refractivity (Wildman–Crippen MR) is 119 cm³/mol. The maximum atomic E-state index is 9.77. The van der Waals surface area contributed by atoms with Crippen molar-refractivity contribution in [2.75, 3.05) is 112 Å². The van der Waals surface area contributed by atoms with Gasteiger partial charge in [-0.25, -0.2) is 0 Å². The van der Waals surface area contributed by atoms with Crippen LogP contribution < -0.4 is 0 Å². The second kappa shape index (κ2) is 26.8. The molecule has 0 rings (SSSR count). The van der Waals surface area contributed by atoms with E-state index in [1.807, 2.05) is 6.92 Å². The third kappa shape index (κ3) is 24.2. The first-order valence-corrected chi connectivity index (χ1v) is 11.6. The summed E-state index contributed by atoms with van der Waals surface area (Å²) in [5.41, 5.74) is 0. The molecule has 10 heteroatoms. The Hall–Kier alpha value is -0.400. The van der Waals surface area contributed by atoms with Gasteiger partial charge in [-0.15, -0.1) is 0 Å². The summed E-state index contributed by atoms with van der Waals surface area (Å²) in [6.45, 7) is 11.8. The van der Waals surface area contributed by atoms with Crippen molar-refractivity contribution >= 4 is 0 Å². The van der Waals surface area contributed by atoms with Crippen LogP contribution >= 0.6 is 0 Å². The lowest BCUT2D eigenvalue weighted by molar-refractivity contribution is -0.0319. The van der Waals surface area contributed by atoms with Crippen LogP contribution in [0, 0.1) is 5.92 Å². The lowest BCUT2D eigenvalue weighted by Crippen LogP contribution is -2.24. The van der Waals surface area contributed by atoms with Crippen LogP contribution in [0.15, 0.2) is 0 Å². The summed E-state index contributed by atoms with van der Waals surface area (Å²) in [5, 5.41) is 18.3. The topological polar surface area (TPSA) is 114 Å². The van der Waals surface area contributed by atoms with E-state index in [-0.39, 0.29) is 12.5 Å². The van der Waals surface area contributed by atoms with E-state index in [1.54, 1.807) is 0 Å². The highest BCUT2D eigenvalue weighted by Crippen LogP contribution is 2.07. The van der Waals surface area contributed by atoms with Crippen molar-refractivity contribution in [3.63, 3.8) is 0 Å². The molecular formula is C22H46O10. The second-order valence-corrected chi connectivity index (χ2v) is 7.04. The van der Waals surface area contributed by atoms with Crippen molar-refractivity contribution in [3.05, 3.63) is 0 Å². The molecule has 0 heterocycles. The van der Waals surface area contributed by atoms with Gasteiger partial charge in [-0.1, -0.05) is 20.3 Å². The molecule has 0 saturated heterocycles. The first kappa shape index (κ1) is 31.6. The zero-order valence-electron chi connectivity index (χ0n) is 20.0. The molecule has 0 aliphatic rings. The number of rotatable bonds is 27. The fourth-order valence-corrected chi connectivity index (χ4v) is 2.24. The molecule has 32 heavy (non-hydrogen) atoms. The summed E-state index contributed by atoms with van der Waals surface area (Å²) in [6.07, 6.45) is 0.522. The summed E-state index contributed by atoms with van der Waals surface area (Å²) in [5.74, 6) is 0.248. The van der Waals surface area contributed by atoms with Gasteiger partial charge in [-0.05, 0) is 5.92 Å². The summed E-state index contributed by atoms with van der Waals surface area (Å²) in [6, 6.07) is 0. The molecule has 10 nitrogen and oxygen atoms in total. The van der Waals surface area contributed by atoms with E-state index in [9.17, 15) is 5.11 Å². The van der Waals surface area contributed by atoms with Crippen LogP contribution in [-0.4, -0.2) is 129 Å². The highest BCUT2D eigenvalue weighted by molar-refractivity contribution is 4.61. The fraction of sp³-hybridized carbons (Fsp3) is 1.00. The Labute approximate surface area is 193 Å². The summed E-state index contributed by atoms with van der Waals surface area (Å²) in [4.78, 5) is 0. The zero-order valence-corrected chi connectivity index (χ0v) is 20.0. The number of ether oxygens (including phenoxy) is 8. The third-order valence-corrected chi connectivity index (χ3v) is 4.43. The normalized spacial score (nSPS) is 13.5. The van der Waals surface area contributed by atoms with Crippen LogP contribution in [0.3, 0.4) is 0 Å². The van der Waals surface area contributed by atoms with Crippen molar-refractivity contribution in [1.29, 1.82) is 0 Å². The minimum Gasteiger partial charge on any atom is -0.394 e. The lowest BCUT2D eigenvalue weighted by atomic mass is 10.0. The number of aliphatic hydroxyl groups excluding tert-OH is 2. The first-order valence-electron chi connectivity index (χ1n) is 11.6. The molecule has 0 aromatic rings. The Morgan fingerprint density at radius 3 is 1.06 bits per heavy atom. The highest BCUT2D eigenvalue weighted by atomic mass is 16.6. The Kier molecular flexibility index (Phi) is 26.5. The minimum atomic E-state index is -0.415. The van der Waals surface area contributed by atoms with E-state index in [0.29, 0.717) is 106 Å². The van der Waals surface area contributed by atoms with Crippen LogP contribution in [0.4, 0.5) is 0 Å². The average Bonchev–Trinajstić information content (AvgIpc) is 2.81. The molecule has 0 bridgehead atoms.